The topological polar surface area (TPSA) is 89.7 Å². The van der Waals surface area contributed by atoms with Gasteiger partial charge in [0, 0.05) is 19.8 Å². The second-order valence-electron chi connectivity index (χ2n) is 4.51. The summed E-state index contributed by atoms with van der Waals surface area (Å²) in [5, 5.41) is 0. The minimum Gasteiger partial charge on any atom is -0.462 e. The molecule has 0 spiro atoms. The summed E-state index contributed by atoms with van der Waals surface area (Å²) in [7, 11) is -1.32. The van der Waals surface area contributed by atoms with Crippen molar-refractivity contribution in [3.63, 3.8) is 0 Å². The fourth-order valence-corrected chi connectivity index (χ4v) is 2.30. The molecular weight excluding hydrogens is 280 g/mol. The zero-order valence-electron chi connectivity index (χ0n) is 11.9. The van der Waals surface area contributed by atoms with Crippen molar-refractivity contribution >= 4 is 27.2 Å². The van der Waals surface area contributed by atoms with Gasteiger partial charge in [0.1, 0.15) is 9.84 Å². The maximum absolute atomic E-state index is 11.7. The molecule has 112 valence electrons. The Balaban J connectivity index is 2.96. The van der Waals surface area contributed by atoms with E-state index in [0.29, 0.717) is 17.9 Å². The predicted molar refractivity (Wildman–Crippen MR) is 79.8 cm³/mol. The zero-order valence-corrected chi connectivity index (χ0v) is 12.7. The quantitative estimate of drug-likeness (QED) is 0.621. The van der Waals surface area contributed by atoms with E-state index < -0.39 is 15.8 Å². The van der Waals surface area contributed by atoms with Crippen LogP contribution in [0.4, 0.5) is 11.4 Å². The van der Waals surface area contributed by atoms with Crippen molar-refractivity contribution in [3.8, 4) is 0 Å². The Kier molecular flexibility index (Phi) is 5.38. The van der Waals surface area contributed by atoms with Crippen molar-refractivity contribution < 1.29 is 17.9 Å². The number of nitrogens with two attached hydrogens (primary N) is 1. The molecule has 0 fully saturated rings. The van der Waals surface area contributed by atoms with Crippen LogP contribution in [0.5, 0.6) is 0 Å². The predicted octanol–water partition coefficient (Wildman–Crippen LogP) is 0.926. The summed E-state index contributed by atoms with van der Waals surface area (Å²) in [5.74, 6) is -0.463. The molecule has 7 heteroatoms. The van der Waals surface area contributed by atoms with E-state index in [1.807, 2.05) is 0 Å². The number of hydrogen-bond acceptors (Lipinski definition) is 6. The van der Waals surface area contributed by atoms with Crippen LogP contribution in [0, 0.1) is 0 Å². The molecule has 0 atom stereocenters. The van der Waals surface area contributed by atoms with E-state index in [4.69, 9.17) is 10.5 Å². The Hall–Kier alpha value is -1.76. The fourth-order valence-electron chi connectivity index (χ4n) is 1.70. The van der Waals surface area contributed by atoms with Crippen molar-refractivity contribution in [2.45, 2.75) is 6.92 Å². The van der Waals surface area contributed by atoms with Gasteiger partial charge in [0.15, 0.2) is 0 Å². The first kappa shape index (κ1) is 16.3. The summed E-state index contributed by atoms with van der Waals surface area (Å²) in [5.41, 5.74) is 7.15. The van der Waals surface area contributed by atoms with E-state index in [0.717, 1.165) is 0 Å². The number of sulfone groups is 1. The van der Waals surface area contributed by atoms with E-state index in [-0.39, 0.29) is 17.9 Å². The van der Waals surface area contributed by atoms with Crippen molar-refractivity contribution in [2.24, 2.45) is 0 Å². The van der Waals surface area contributed by atoms with Crippen LogP contribution in [0.15, 0.2) is 18.2 Å². The summed E-state index contributed by atoms with van der Waals surface area (Å²) in [6, 6.07) is 5.01. The molecule has 0 heterocycles. The van der Waals surface area contributed by atoms with Crippen LogP contribution in [0.2, 0.25) is 0 Å². The number of hydrogen-bond donors (Lipinski definition) is 1. The number of para-hydroxylation sites is 1. The minimum absolute atomic E-state index is 0.0204. The Labute approximate surface area is 119 Å². The third-order valence-corrected chi connectivity index (χ3v) is 3.71. The van der Waals surface area contributed by atoms with Crippen molar-refractivity contribution in [3.05, 3.63) is 23.8 Å². The molecule has 0 aromatic heterocycles. The molecule has 0 aliphatic heterocycles. The molecular formula is C13H20N2O4S. The third kappa shape index (κ3) is 4.41. The lowest BCUT2D eigenvalue weighted by Crippen LogP contribution is -2.26. The van der Waals surface area contributed by atoms with Gasteiger partial charge in [0.25, 0.3) is 0 Å². The standard InChI is InChI=1S/C13H20N2O4S/c1-4-19-13(16)10-6-5-7-11(12(10)14)15(2)8-9-20(3,17)18/h5-7H,4,8-9,14H2,1-3H3. The van der Waals surface area contributed by atoms with E-state index in [1.165, 1.54) is 6.26 Å². The second kappa shape index (κ2) is 6.60. The van der Waals surface area contributed by atoms with E-state index in [2.05, 4.69) is 0 Å². The number of esters is 1. The Morgan fingerprint density at radius 3 is 2.60 bits per heavy atom. The minimum atomic E-state index is -3.05. The molecule has 0 aliphatic rings. The summed E-state index contributed by atoms with van der Waals surface area (Å²) < 4.78 is 27.3. The van der Waals surface area contributed by atoms with E-state index in [9.17, 15) is 13.2 Å². The number of ether oxygens (including phenoxy) is 1. The first-order chi connectivity index (χ1) is 9.26. The monoisotopic (exact) mass is 300 g/mol. The highest BCUT2D eigenvalue weighted by Gasteiger charge is 2.16. The van der Waals surface area contributed by atoms with Gasteiger partial charge >= 0.3 is 5.97 Å². The van der Waals surface area contributed by atoms with Gasteiger partial charge in [0.2, 0.25) is 0 Å². The molecule has 0 saturated heterocycles. The lowest BCUT2D eigenvalue weighted by atomic mass is 10.1. The number of carbonyl (C=O) groups excluding carboxylic acids is 1. The van der Waals surface area contributed by atoms with Crippen LogP contribution in [0.25, 0.3) is 0 Å². The van der Waals surface area contributed by atoms with Crippen molar-refractivity contribution in [1.29, 1.82) is 0 Å². The summed E-state index contributed by atoms with van der Waals surface area (Å²) >= 11 is 0. The van der Waals surface area contributed by atoms with Crippen molar-refractivity contribution in [2.75, 3.05) is 42.8 Å². The molecule has 1 aromatic carbocycles. The zero-order chi connectivity index (χ0) is 15.3. The average Bonchev–Trinajstić information content (AvgIpc) is 2.35. The summed E-state index contributed by atoms with van der Waals surface area (Å²) in [6.45, 7) is 2.29. The van der Waals surface area contributed by atoms with Crippen LogP contribution in [-0.2, 0) is 14.6 Å². The van der Waals surface area contributed by atoms with Gasteiger partial charge in [-0.15, -0.1) is 0 Å². The highest BCUT2D eigenvalue weighted by Crippen LogP contribution is 2.26. The highest BCUT2D eigenvalue weighted by atomic mass is 32.2. The summed E-state index contributed by atoms with van der Waals surface area (Å²) in [4.78, 5) is 13.4. The molecule has 2 N–H and O–H groups in total. The smallest absolute Gasteiger partial charge is 0.340 e. The van der Waals surface area contributed by atoms with Gasteiger partial charge in [-0.3, -0.25) is 0 Å². The molecule has 0 aliphatic carbocycles. The van der Waals surface area contributed by atoms with Gasteiger partial charge in [-0.05, 0) is 19.1 Å². The second-order valence-corrected chi connectivity index (χ2v) is 6.77. The Bertz CT molecular complexity index is 584. The first-order valence-corrected chi connectivity index (χ1v) is 8.26. The number of rotatable bonds is 6. The van der Waals surface area contributed by atoms with Crippen LogP contribution >= 0.6 is 0 Å². The van der Waals surface area contributed by atoms with Crippen LogP contribution in [-0.4, -0.2) is 46.6 Å². The van der Waals surface area contributed by atoms with Gasteiger partial charge in [-0.1, -0.05) is 6.07 Å². The number of nitrogen functional groups attached to an aromatic ring is 1. The molecule has 0 unspecified atom stereocenters. The largest absolute Gasteiger partial charge is 0.462 e. The van der Waals surface area contributed by atoms with Gasteiger partial charge in [0.05, 0.1) is 29.3 Å². The molecule has 1 aromatic rings. The molecule has 0 saturated carbocycles. The van der Waals surface area contributed by atoms with Crippen molar-refractivity contribution in [1.82, 2.24) is 0 Å². The lowest BCUT2D eigenvalue weighted by molar-refractivity contribution is 0.0527. The van der Waals surface area contributed by atoms with Gasteiger partial charge in [-0.25, -0.2) is 13.2 Å². The van der Waals surface area contributed by atoms with Gasteiger partial charge in [-0.2, -0.15) is 0 Å². The maximum atomic E-state index is 11.7. The SMILES string of the molecule is CCOC(=O)c1cccc(N(C)CCS(C)(=O)=O)c1N. The van der Waals surface area contributed by atoms with E-state index >= 15 is 0 Å². The van der Waals surface area contributed by atoms with Crippen LogP contribution in [0.3, 0.4) is 0 Å². The van der Waals surface area contributed by atoms with Gasteiger partial charge < -0.3 is 15.4 Å². The van der Waals surface area contributed by atoms with Crippen LogP contribution in [0.1, 0.15) is 17.3 Å². The number of carbonyl (C=O) groups is 1. The molecule has 20 heavy (non-hydrogen) atoms. The Morgan fingerprint density at radius 1 is 1.40 bits per heavy atom. The van der Waals surface area contributed by atoms with Crippen LogP contribution < -0.4 is 10.6 Å². The lowest BCUT2D eigenvalue weighted by Gasteiger charge is -2.21. The third-order valence-electron chi connectivity index (χ3n) is 2.79. The van der Waals surface area contributed by atoms with E-state index in [1.54, 1.807) is 37.1 Å². The normalized spacial score (nSPS) is 11.2. The molecule has 0 bridgehead atoms. The molecule has 0 amide bonds. The Morgan fingerprint density at radius 2 is 2.05 bits per heavy atom. The molecule has 1 rings (SSSR count). The average molecular weight is 300 g/mol. The maximum Gasteiger partial charge on any atom is 0.340 e. The first-order valence-electron chi connectivity index (χ1n) is 6.20. The molecule has 6 nitrogen and oxygen atoms in total. The number of benzene rings is 1. The number of nitrogens with zero attached hydrogens (tertiary/aromatic N) is 1. The number of anilines is 2. The fraction of sp³-hybridized carbons (Fsp3) is 0.462. The molecule has 0 radical (unpaired) electrons. The summed E-state index contributed by atoms with van der Waals surface area (Å²) in [6.07, 6.45) is 1.18. The highest BCUT2D eigenvalue weighted by molar-refractivity contribution is 7.90.